The van der Waals surface area contributed by atoms with Crippen LogP contribution in [0, 0.1) is 5.92 Å². The number of nitrogens with one attached hydrogen (secondary N) is 1. The van der Waals surface area contributed by atoms with Gasteiger partial charge in [-0.05, 0) is 32.6 Å². The zero-order valence-corrected chi connectivity index (χ0v) is 12.7. The summed E-state index contributed by atoms with van der Waals surface area (Å²) < 4.78 is 39.5. The van der Waals surface area contributed by atoms with Gasteiger partial charge in [0.25, 0.3) is 10.2 Å². The van der Waals surface area contributed by atoms with Crippen LogP contribution in [0.1, 0.15) is 33.6 Å². The number of rotatable bonds is 4. The molecule has 0 radical (unpaired) electrons. The molecule has 0 aromatic rings. The summed E-state index contributed by atoms with van der Waals surface area (Å²) in [4.78, 5) is 0. The van der Waals surface area contributed by atoms with Gasteiger partial charge in [0.15, 0.2) is 5.79 Å². The molecule has 0 saturated carbocycles. The Kier molecular flexibility index (Phi) is 4.52. The Morgan fingerprint density at radius 3 is 2.74 bits per heavy atom. The maximum absolute atomic E-state index is 12.2. The number of hydrogen-bond donors (Lipinski definition) is 1. The van der Waals surface area contributed by atoms with E-state index >= 15 is 0 Å². The Balaban J connectivity index is 1.84. The molecule has 0 amide bonds. The van der Waals surface area contributed by atoms with Crippen molar-refractivity contribution in [3.63, 3.8) is 0 Å². The van der Waals surface area contributed by atoms with E-state index in [0.29, 0.717) is 25.6 Å². The lowest BCUT2D eigenvalue weighted by Crippen LogP contribution is -2.47. The molecule has 0 aliphatic carbocycles. The molecule has 0 aromatic heterocycles. The number of ether oxygens (including phenoxy) is 2. The number of hydrogen-bond acceptors (Lipinski definition) is 4. The lowest BCUT2D eigenvalue weighted by Gasteiger charge is -2.30. The summed E-state index contributed by atoms with van der Waals surface area (Å²) in [6, 6.07) is 0. The van der Waals surface area contributed by atoms with Crippen molar-refractivity contribution in [1.82, 2.24) is 9.03 Å². The van der Waals surface area contributed by atoms with Crippen molar-refractivity contribution in [2.45, 2.75) is 45.5 Å². The molecule has 2 rings (SSSR count). The maximum Gasteiger partial charge on any atom is 0.279 e. The number of nitrogens with zero attached hydrogens (tertiary/aromatic N) is 1. The monoisotopic (exact) mass is 292 g/mol. The first-order valence-electron chi connectivity index (χ1n) is 6.85. The fourth-order valence-corrected chi connectivity index (χ4v) is 3.92. The zero-order valence-electron chi connectivity index (χ0n) is 11.9. The third kappa shape index (κ3) is 4.13. The number of piperidine rings is 1. The van der Waals surface area contributed by atoms with Crippen LogP contribution in [0.15, 0.2) is 0 Å². The lowest BCUT2D eigenvalue weighted by atomic mass is 10.0. The van der Waals surface area contributed by atoms with Crippen LogP contribution in [-0.2, 0) is 19.7 Å². The topological polar surface area (TPSA) is 67.9 Å². The summed E-state index contributed by atoms with van der Waals surface area (Å²) in [6.07, 6.45) is 1.81. The molecule has 2 fully saturated rings. The predicted molar refractivity (Wildman–Crippen MR) is 71.8 cm³/mol. The molecule has 1 N–H and O–H groups in total. The highest BCUT2D eigenvalue weighted by Crippen LogP contribution is 2.22. The average Bonchev–Trinajstić information content (AvgIpc) is 2.67. The molecular weight excluding hydrogens is 268 g/mol. The van der Waals surface area contributed by atoms with E-state index in [1.165, 1.54) is 4.31 Å². The van der Waals surface area contributed by atoms with Crippen molar-refractivity contribution in [2.24, 2.45) is 5.92 Å². The average molecular weight is 292 g/mol. The first kappa shape index (κ1) is 15.2. The van der Waals surface area contributed by atoms with Gasteiger partial charge < -0.3 is 9.47 Å². The molecule has 0 bridgehead atoms. The normalized spacial score (nSPS) is 32.6. The van der Waals surface area contributed by atoms with Crippen LogP contribution in [0.3, 0.4) is 0 Å². The fraction of sp³-hybridized carbons (Fsp3) is 1.00. The predicted octanol–water partition coefficient (Wildman–Crippen LogP) is 0.704. The smallest absolute Gasteiger partial charge is 0.279 e. The van der Waals surface area contributed by atoms with E-state index < -0.39 is 16.0 Å². The quantitative estimate of drug-likeness (QED) is 0.828. The van der Waals surface area contributed by atoms with Crippen LogP contribution < -0.4 is 4.72 Å². The molecule has 2 heterocycles. The van der Waals surface area contributed by atoms with E-state index in [0.717, 1.165) is 12.8 Å². The SMILES string of the molecule is CC1CCCN(S(=O)(=O)NCC2COC(C)(C)O2)C1. The van der Waals surface area contributed by atoms with Crippen LogP contribution in [0.4, 0.5) is 0 Å². The van der Waals surface area contributed by atoms with E-state index in [1.54, 1.807) is 0 Å². The van der Waals surface area contributed by atoms with Crippen LogP contribution in [0.2, 0.25) is 0 Å². The maximum atomic E-state index is 12.2. The summed E-state index contributed by atoms with van der Waals surface area (Å²) in [5.74, 6) is -0.189. The Morgan fingerprint density at radius 1 is 1.42 bits per heavy atom. The van der Waals surface area contributed by atoms with E-state index in [2.05, 4.69) is 11.6 Å². The highest BCUT2D eigenvalue weighted by molar-refractivity contribution is 7.87. The Bertz CT molecular complexity index is 410. The fourth-order valence-electron chi connectivity index (χ4n) is 2.52. The Hall–Kier alpha value is -0.210. The second-order valence-electron chi connectivity index (χ2n) is 5.91. The van der Waals surface area contributed by atoms with Crippen molar-refractivity contribution < 1.29 is 17.9 Å². The summed E-state index contributed by atoms with van der Waals surface area (Å²) >= 11 is 0. The third-order valence-corrected chi connectivity index (χ3v) is 5.06. The molecule has 6 nitrogen and oxygen atoms in total. The van der Waals surface area contributed by atoms with E-state index in [-0.39, 0.29) is 12.6 Å². The van der Waals surface area contributed by atoms with Gasteiger partial charge in [-0.15, -0.1) is 0 Å². The van der Waals surface area contributed by atoms with Gasteiger partial charge >= 0.3 is 0 Å². The van der Waals surface area contributed by atoms with E-state index in [1.807, 2.05) is 13.8 Å². The van der Waals surface area contributed by atoms with Gasteiger partial charge in [-0.3, -0.25) is 0 Å². The standard InChI is InChI=1S/C12H24N2O4S/c1-10-5-4-6-14(8-10)19(15,16)13-7-11-9-17-12(2,3)18-11/h10-11,13H,4-9H2,1-3H3. The molecule has 0 spiro atoms. The van der Waals surface area contributed by atoms with Gasteiger partial charge in [-0.1, -0.05) is 6.92 Å². The van der Waals surface area contributed by atoms with Crippen molar-refractivity contribution in [3.05, 3.63) is 0 Å². The lowest BCUT2D eigenvalue weighted by molar-refractivity contribution is -0.137. The molecule has 2 saturated heterocycles. The van der Waals surface area contributed by atoms with Crippen molar-refractivity contribution in [2.75, 3.05) is 26.2 Å². The largest absolute Gasteiger partial charge is 0.348 e. The molecule has 2 unspecified atom stereocenters. The van der Waals surface area contributed by atoms with Gasteiger partial charge in [0.05, 0.1) is 12.7 Å². The molecule has 2 atom stereocenters. The van der Waals surface area contributed by atoms with E-state index in [4.69, 9.17) is 9.47 Å². The first-order valence-corrected chi connectivity index (χ1v) is 8.29. The second-order valence-corrected chi connectivity index (χ2v) is 7.66. The zero-order chi connectivity index (χ0) is 14.1. The minimum absolute atomic E-state index is 0.216. The van der Waals surface area contributed by atoms with E-state index in [9.17, 15) is 8.42 Å². The van der Waals surface area contributed by atoms with Crippen LogP contribution >= 0.6 is 0 Å². The Morgan fingerprint density at radius 2 is 2.16 bits per heavy atom. The van der Waals surface area contributed by atoms with Gasteiger partial charge in [0.1, 0.15) is 0 Å². The third-order valence-electron chi connectivity index (χ3n) is 3.52. The molecule has 2 aliphatic rings. The van der Waals surface area contributed by atoms with Crippen LogP contribution in [0.25, 0.3) is 0 Å². The van der Waals surface area contributed by atoms with Crippen molar-refractivity contribution in [3.8, 4) is 0 Å². The molecule has 19 heavy (non-hydrogen) atoms. The summed E-state index contributed by atoms with van der Waals surface area (Å²) in [7, 11) is -3.39. The molecule has 7 heteroatoms. The van der Waals surface area contributed by atoms with Crippen molar-refractivity contribution in [1.29, 1.82) is 0 Å². The minimum atomic E-state index is -3.39. The highest BCUT2D eigenvalue weighted by Gasteiger charge is 2.34. The summed E-state index contributed by atoms with van der Waals surface area (Å²) in [5, 5.41) is 0. The second kappa shape index (κ2) is 5.65. The molecular formula is C12H24N2O4S. The van der Waals surface area contributed by atoms with Gasteiger partial charge in [0.2, 0.25) is 0 Å². The summed E-state index contributed by atoms with van der Waals surface area (Å²) in [5.41, 5.74) is 0. The minimum Gasteiger partial charge on any atom is -0.348 e. The van der Waals surface area contributed by atoms with Crippen molar-refractivity contribution >= 4 is 10.2 Å². The molecule has 112 valence electrons. The van der Waals surface area contributed by atoms with Gasteiger partial charge in [-0.25, -0.2) is 0 Å². The summed E-state index contributed by atoms with van der Waals surface area (Å²) in [6.45, 7) is 7.62. The van der Waals surface area contributed by atoms with Crippen LogP contribution in [0.5, 0.6) is 0 Å². The molecule has 2 aliphatic heterocycles. The Labute approximate surface area is 115 Å². The molecule has 0 aromatic carbocycles. The van der Waals surface area contributed by atoms with Gasteiger partial charge in [0, 0.05) is 19.6 Å². The van der Waals surface area contributed by atoms with Crippen LogP contribution in [-0.4, -0.2) is 50.9 Å². The highest BCUT2D eigenvalue weighted by atomic mass is 32.2. The van der Waals surface area contributed by atoms with Gasteiger partial charge in [-0.2, -0.15) is 17.4 Å². The first-order chi connectivity index (χ1) is 8.78.